The Balaban J connectivity index is 1.54. The Bertz CT molecular complexity index is 1190. The van der Waals surface area contributed by atoms with Crippen LogP contribution in [0.2, 0.25) is 10.0 Å². The molecule has 0 aliphatic heterocycles. The molecule has 0 spiro atoms. The van der Waals surface area contributed by atoms with Crippen molar-refractivity contribution in [2.24, 2.45) is 0 Å². The molecule has 2 aromatic heterocycles. The van der Waals surface area contributed by atoms with E-state index in [0.29, 0.717) is 27.3 Å². The number of nitrogens with one attached hydrogen (secondary N) is 1. The fraction of sp³-hybridized carbons (Fsp3) is 0.136. The van der Waals surface area contributed by atoms with Gasteiger partial charge in [0.2, 0.25) is 5.91 Å². The summed E-state index contributed by atoms with van der Waals surface area (Å²) in [6, 6.07) is 16.6. The summed E-state index contributed by atoms with van der Waals surface area (Å²) in [6.45, 7) is 0. The van der Waals surface area contributed by atoms with Crippen LogP contribution < -0.4 is 10.1 Å². The zero-order valence-electron chi connectivity index (χ0n) is 16.9. The topological polar surface area (TPSA) is 69.0 Å². The summed E-state index contributed by atoms with van der Waals surface area (Å²) >= 11 is 15.0. The molecule has 4 aromatic rings. The molecule has 4 rings (SSSR count). The summed E-state index contributed by atoms with van der Waals surface area (Å²) in [6.07, 6.45) is 0.643. The molecule has 0 saturated carbocycles. The molecular formula is C22H18Cl2N4O2S2. The minimum absolute atomic E-state index is 0.150. The lowest BCUT2D eigenvalue weighted by molar-refractivity contribution is -0.113. The Hall–Kier alpha value is -2.52. The number of aromatic nitrogens is 3. The van der Waals surface area contributed by atoms with Crippen LogP contribution in [0, 0.1) is 0 Å². The van der Waals surface area contributed by atoms with Gasteiger partial charge < -0.3 is 10.1 Å². The number of carbonyl (C=O) groups excluding carboxylic acids is 1. The number of hydrogen-bond donors (Lipinski definition) is 1. The lowest BCUT2D eigenvalue weighted by Crippen LogP contribution is -2.14. The van der Waals surface area contributed by atoms with Crippen LogP contribution in [0.5, 0.6) is 5.75 Å². The molecule has 0 aliphatic rings. The van der Waals surface area contributed by atoms with Crippen molar-refractivity contribution < 1.29 is 9.53 Å². The molecule has 0 aliphatic carbocycles. The molecule has 1 N–H and O–H groups in total. The van der Waals surface area contributed by atoms with Crippen molar-refractivity contribution in [3.05, 3.63) is 80.7 Å². The maximum Gasteiger partial charge on any atom is 0.234 e. The number of ether oxygens (including phenoxy) is 1. The van der Waals surface area contributed by atoms with Crippen LogP contribution in [-0.4, -0.2) is 33.5 Å². The maximum absolute atomic E-state index is 12.5. The first-order valence-electron chi connectivity index (χ1n) is 9.51. The number of carbonyl (C=O) groups is 1. The Morgan fingerprint density at radius 1 is 1.12 bits per heavy atom. The molecule has 0 radical (unpaired) electrons. The van der Waals surface area contributed by atoms with E-state index in [9.17, 15) is 4.79 Å². The molecule has 164 valence electrons. The predicted octanol–water partition coefficient (Wildman–Crippen LogP) is 5.97. The molecule has 32 heavy (non-hydrogen) atoms. The Morgan fingerprint density at radius 2 is 1.88 bits per heavy atom. The minimum Gasteiger partial charge on any atom is -0.497 e. The zero-order valence-corrected chi connectivity index (χ0v) is 20.1. The zero-order chi connectivity index (χ0) is 22.5. The van der Waals surface area contributed by atoms with Crippen molar-refractivity contribution >= 4 is 57.9 Å². The summed E-state index contributed by atoms with van der Waals surface area (Å²) < 4.78 is 7.23. The van der Waals surface area contributed by atoms with E-state index in [4.69, 9.17) is 27.9 Å². The lowest BCUT2D eigenvalue weighted by atomic mass is 10.2. The Kier molecular flexibility index (Phi) is 7.36. The number of nitrogens with zero attached hydrogens (tertiary/aromatic N) is 3. The smallest absolute Gasteiger partial charge is 0.234 e. The second-order valence-corrected chi connectivity index (χ2v) is 9.53. The van der Waals surface area contributed by atoms with Crippen LogP contribution in [0.4, 0.5) is 5.69 Å². The number of anilines is 1. The third kappa shape index (κ3) is 5.63. The first kappa shape index (κ1) is 22.7. The molecule has 1 amide bonds. The van der Waals surface area contributed by atoms with Crippen LogP contribution in [0.1, 0.15) is 10.7 Å². The van der Waals surface area contributed by atoms with Gasteiger partial charge in [-0.2, -0.15) is 0 Å². The largest absolute Gasteiger partial charge is 0.497 e. The van der Waals surface area contributed by atoms with Gasteiger partial charge >= 0.3 is 0 Å². The van der Waals surface area contributed by atoms with Gasteiger partial charge in [-0.15, -0.1) is 21.5 Å². The Morgan fingerprint density at radius 3 is 2.53 bits per heavy atom. The summed E-state index contributed by atoms with van der Waals surface area (Å²) in [7, 11) is 1.63. The second kappa shape index (κ2) is 10.4. The van der Waals surface area contributed by atoms with E-state index in [1.165, 1.54) is 16.6 Å². The van der Waals surface area contributed by atoms with Crippen LogP contribution in [0.15, 0.2) is 65.1 Å². The number of halogens is 2. The fourth-order valence-corrected chi connectivity index (χ4v) is 5.02. The van der Waals surface area contributed by atoms with Gasteiger partial charge in [0.1, 0.15) is 11.6 Å². The van der Waals surface area contributed by atoms with E-state index in [0.717, 1.165) is 17.3 Å². The number of hydrogen-bond acceptors (Lipinski definition) is 6. The van der Waals surface area contributed by atoms with Gasteiger partial charge in [0.15, 0.2) is 5.16 Å². The predicted molar refractivity (Wildman–Crippen MR) is 131 cm³/mol. The molecule has 2 aromatic carbocycles. The third-order valence-electron chi connectivity index (χ3n) is 4.42. The summed E-state index contributed by atoms with van der Waals surface area (Å²) in [5.41, 5.74) is 1.44. The van der Waals surface area contributed by atoms with Gasteiger partial charge in [-0.3, -0.25) is 9.36 Å². The van der Waals surface area contributed by atoms with Crippen molar-refractivity contribution in [2.75, 3.05) is 18.2 Å². The number of methoxy groups -OCH3 is 1. The molecule has 2 heterocycles. The van der Waals surface area contributed by atoms with Crippen molar-refractivity contribution in [3.63, 3.8) is 0 Å². The van der Waals surface area contributed by atoms with Crippen molar-refractivity contribution in [2.45, 2.75) is 11.6 Å². The van der Waals surface area contributed by atoms with E-state index in [1.54, 1.807) is 36.6 Å². The highest BCUT2D eigenvalue weighted by molar-refractivity contribution is 7.99. The minimum atomic E-state index is -0.197. The second-order valence-electron chi connectivity index (χ2n) is 6.68. The number of amides is 1. The first-order chi connectivity index (χ1) is 15.5. The molecule has 0 unspecified atom stereocenters. The Labute approximate surface area is 203 Å². The van der Waals surface area contributed by atoms with E-state index < -0.39 is 0 Å². The fourth-order valence-electron chi connectivity index (χ4n) is 3.02. The number of thioether (sulfide) groups is 1. The average molecular weight is 505 g/mol. The lowest BCUT2D eigenvalue weighted by Gasteiger charge is -2.11. The van der Waals surface area contributed by atoms with E-state index in [2.05, 4.69) is 21.6 Å². The van der Waals surface area contributed by atoms with E-state index in [1.807, 2.05) is 40.3 Å². The van der Waals surface area contributed by atoms with E-state index >= 15 is 0 Å². The molecular weight excluding hydrogens is 487 g/mol. The van der Waals surface area contributed by atoms with E-state index in [-0.39, 0.29) is 11.7 Å². The highest BCUT2D eigenvalue weighted by atomic mass is 35.5. The van der Waals surface area contributed by atoms with Gasteiger partial charge in [-0.05, 0) is 53.9 Å². The maximum atomic E-state index is 12.5. The average Bonchev–Trinajstić information content (AvgIpc) is 3.42. The third-order valence-corrected chi connectivity index (χ3v) is 6.66. The normalized spacial score (nSPS) is 10.8. The SMILES string of the molecule is COc1ccc(-n2c(Cc3cccs3)nnc2SCC(=O)Nc2cc(Cl)cc(Cl)c2)cc1. The van der Waals surface area contributed by atoms with Crippen LogP contribution in [-0.2, 0) is 11.2 Å². The monoisotopic (exact) mass is 504 g/mol. The van der Waals surface area contributed by atoms with Crippen molar-refractivity contribution in [3.8, 4) is 11.4 Å². The van der Waals surface area contributed by atoms with Gasteiger partial charge in [-0.1, -0.05) is 41.0 Å². The summed E-state index contributed by atoms with van der Waals surface area (Å²) in [5.74, 6) is 1.51. The number of benzene rings is 2. The molecule has 0 atom stereocenters. The number of thiophene rings is 1. The van der Waals surface area contributed by atoms with Crippen LogP contribution >= 0.6 is 46.3 Å². The van der Waals surface area contributed by atoms with Crippen molar-refractivity contribution in [1.82, 2.24) is 14.8 Å². The van der Waals surface area contributed by atoms with Gasteiger partial charge in [0.05, 0.1) is 12.9 Å². The highest BCUT2D eigenvalue weighted by Gasteiger charge is 2.17. The van der Waals surface area contributed by atoms with Gasteiger partial charge in [0, 0.05) is 32.7 Å². The van der Waals surface area contributed by atoms with Crippen molar-refractivity contribution in [1.29, 1.82) is 0 Å². The quantitative estimate of drug-likeness (QED) is 0.299. The first-order valence-corrected chi connectivity index (χ1v) is 12.1. The standard InChI is InChI=1S/C22H18Cl2N4O2S2/c1-30-18-6-4-17(5-7-18)28-20(12-19-3-2-8-31-19)26-27-22(28)32-13-21(29)25-16-10-14(23)9-15(24)11-16/h2-11H,12-13H2,1H3,(H,25,29). The molecule has 10 heteroatoms. The van der Waals surface area contributed by atoms with Crippen LogP contribution in [0.25, 0.3) is 5.69 Å². The molecule has 0 saturated heterocycles. The number of rotatable bonds is 8. The molecule has 0 fully saturated rings. The van der Waals surface area contributed by atoms with Gasteiger partial charge in [0.25, 0.3) is 0 Å². The molecule has 6 nitrogen and oxygen atoms in total. The van der Waals surface area contributed by atoms with Crippen LogP contribution in [0.3, 0.4) is 0 Å². The summed E-state index contributed by atoms with van der Waals surface area (Å²) in [5, 5.41) is 15.1. The highest BCUT2D eigenvalue weighted by Crippen LogP contribution is 2.27. The molecule has 0 bridgehead atoms. The summed E-state index contributed by atoms with van der Waals surface area (Å²) in [4.78, 5) is 13.7. The van der Waals surface area contributed by atoms with Gasteiger partial charge in [-0.25, -0.2) is 0 Å².